The molecule has 1 aromatic rings. The Hall–Kier alpha value is -1.46. The molecule has 0 radical (unpaired) electrons. The van der Waals surface area contributed by atoms with Gasteiger partial charge in [-0.25, -0.2) is 0 Å². The van der Waals surface area contributed by atoms with E-state index in [0.717, 1.165) is 31.7 Å². The summed E-state index contributed by atoms with van der Waals surface area (Å²) < 4.78 is 5.37. The fourth-order valence-corrected chi connectivity index (χ4v) is 2.01. The number of hydrogen-bond donors (Lipinski definition) is 2. The minimum atomic E-state index is 0.0127. The minimum absolute atomic E-state index is 0.0127. The number of rotatable bonds is 4. The highest BCUT2D eigenvalue weighted by atomic mass is 16.5. The van der Waals surface area contributed by atoms with Gasteiger partial charge < -0.3 is 10.5 Å². The third kappa shape index (κ3) is 3.01. The van der Waals surface area contributed by atoms with Crippen LogP contribution < -0.4 is 5.73 Å². The van der Waals surface area contributed by atoms with Crippen LogP contribution >= 0.6 is 0 Å². The summed E-state index contributed by atoms with van der Waals surface area (Å²) in [5, 5.41) is 7.36. The van der Waals surface area contributed by atoms with E-state index >= 15 is 0 Å². The summed E-state index contributed by atoms with van der Waals surface area (Å²) in [6.45, 7) is 2.49. The van der Waals surface area contributed by atoms with E-state index < -0.39 is 0 Å². The SMILES string of the molecule is CN(Cc1ccnc(C(=N)N)c1)C1CCOC1. The number of hydrogen-bond acceptors (Lipinski definition) is 4. The maximum Gasteiger partial charge on any atom is 0.141 e. The van der Waals surface area contributed by atoms with Gasteiger partial charge in [-0.1, -0.05) is 0 Å². The molecule has 1 aliphatic rings. The first-order valence-corrected chi connectivity index (χ1v) is 5.74. The van der Waals surface area contributed by atoms with Crippen molar-refractivity contribution in [3.05, 3.63) is 29.6 Å². The zero-order valence-corrected chi connectivity index (χ0v) is 10.0. The molecule has 1 atom stereocenters. The summed E-state index contributed by atoms with van der Waals surface area (Å²) in [7, 11) is 2.09. The number of pyridine rings is 1. The molecule has 0 aliphatic carbocycles. The number of aromatic nitrogens is 1. The molecule has 17 heavy (non-hydrogen) atoms. The van der Waals surface area contributed by atoms with Crippen LogP contribution in [0.3, 0.4) is 0 Å². The second-order valence-electron chi connectivity index (χ2n) is 4.40. The fourth-order valence-electron chi connectivity index (χ4n) is 2.01. The summed E-state index contributed by atoms with van der Waals surface area (Å²) in [4.78, 5) is 6.32. The first-order chi connectivity index (χ1) is 8.16. The van der Waals surface area contributed by atoms with Crippen molar-refractivity contribution in [1.82, 2.24) is 9.88 Å². The van der Waals surface area contributed by atoms with Crippen molar-refractivity contribution >= 4 is 5.84 Å². The van der Waals surface area contributed by atoms with Crippen LogP contribution in [0.15, 0.2) is 18.3 Å². The first kappa shape index (κ1) is 12.0. The molecule has 1 saturated heterocycles. The van der Waals surface area contributed by atoms with Crippen LogP contribution in [0.2, 0.25) is 0 Å². The fraction of sp³-hybridized carbons (Fsp3) is 0.500. The predicted molar refractivity (Wildman–Crippen MR) is 65.9 cm³/mol. The van der Waals surface area contributed by atoms with Crippen molar-refractivity contribution < 1.29 is 4.74 Å². The number of nitrogens with zero attached hydrogens (tertiary/aromatic N) is 2. The van der Waals surface area contributed by atoms with Gasteiger partial charge in [0.1, 0.15) is 11.5 Å². The second kappa shape index (κ2) is 5.25. The van der Waals surface area contributed by atoms with Crippen molar-refractivity contribution in [2.75, 3.05) is 20.3 Å². The standard InChI is InChI=1S/C12H18N4O/c1-16(10-3-5-17-8-10)7-9-2-4-15-11(6-9)12(13)14/h2,4,6,10H,3,5,7-8H2,1H3,(H3,13,14). The number of likely N-dealkylation sites (N-methyl/N-ethyl adjacent to an activating group) is 1. The minimum Gasteiger partial charge on any atom is -0.382 e. The van der Waals surface area contributed by atoms with E-state index in [1.807, 2.05) is 12.1 Å². The zero-order valence-electron chi connectivity index (χ0n) is 10.0. The lowest BCUT2D eigenvalue weighted by molar-refractivity contribution is 0.156. The molecule has 0 saturated carbocycles. The average Bonchev–Trinajstić information content (AvgIpc) is 2.82. The second-order valence-corrected chi connectivity index (χ2v) is 4.40. The van der Waals surface area contributed by atoms with Crippen LogP contribution in [0, 0.1) is 5.41 Å². The molecular weight excluding hydrogens is 216 g/mol. The van der Waals surface area contributed by atoms with Crippen molar-refractivity contribution in [3.63, 3.8) is 0 Å². The molecule has 2 heterocycles. The number of nitrogens with one attached hydrogen (secondary N) is 1. The molecule has 1 aliphatic heterocycles. The van der Waals surface area contributed by atoms with Crippen LogP contribution in [0.25, 0.3) is 0 Å². The van der Waals surface area contributed by atoms with Crippen LogP contribution in [0.5, 0.6) is 0 Å². The van der Waals surface area contributed by atoms with Gasteiger partial charge >= 0.3 is 0 Å². The summed E-state index contributed by atoms with van der Waals surface area (Å²) >= 11 is 0. The Morgan fingerprint density at radius 1 is 1.71 bits per heavy atom. The van der Waals surface area contributed by atoms with Gasteiger partial charge in [-0.2, -0.15) is 0 Å². The van der Waals surface area contributed by atoms with E-state index in [1.165, 1.54) is 0 Å². The van der Waals surface area contributed by atoms with Gasteiger partial charge in [0.2, 0.25) is 0 Å². The smallest absolute Gasteiger partial charge is 0.141 e. The number of ether oxygens (including phenoxy) is 1. The van der Waals surface area contributed by atoms with Crippen molar-refractivity contribution in [3.8, 4) is 0 Å². The van der Waals surface area contributed by atoms with Gasteiger partial charge in [-0.3, -0.25) is 15.3 Å². The number of nitrogen functional groups attached to an aromatic ring is 1. The quantitative estimate of drug-likeness (QED) is 0.590. The summed E-state index contributed by atoms with van der Waals surface area (Å²) in [5.74, 6) is 0.0127. The van der Waals surface area contributed by atoms with Crippen molar-refractivity contribution in [2.24, 2.45) is 5.73 Å². The molecule has 5 heteroatoms. The lowest BCUT2D eigenvalue weighted by Crippen LogP contribution is -2.31. The highest BCUT2D eigenvalue weighted by Gasteiger charge is 2.20. The van der Waals surface area contributed by atoms with Gasteiger partial charge in [-0.15, -0.1) is 0 Å². The van der Waals surface area contributed by atoms with E-state index in [-0.39, 0.29) is 5.84 Å². The molecule has 1 aromatic heterocycles. The zero-order chi connectivity index (χ0) is 12.3. The third-order valence-corrected chi connectivity index (χ3v) is 3.06. The number of nitrogens with two attached hydrogens (primary N) is 1. The van der Waals surface area contributed by atoms with Crippen LogP contribution in [-0.4, -0.2) is 42.0 Å². The van der Waals surface area contributed by atoms with Gasteiger partial charge in [0.25, 0.3) is 0 Å². The lowest BCUT2D eigenvalue weighted by Gasteiger charge is -2.22. The average molecular weight is 234 g/mol. The lowest BCUT2D eigenvalue weighted by atomic mass is 10.1. The molecule has 3 N–H and O–H groups in total. The van der Waals surface area contributed by atoms with Gasteiger partial charge in [0.15, 0.2) is 0 Å². The maximum absolute atomic E-state index is 7.36. The van der Waals surface area contributed by atoms with Gasteiger partial charge in [0.05, 0.1) is 6.61 Å². The van der Waals surface area contributed by atoms with Gasteiger partial charge in [0, 0.05) is 25.4 Å². The molecule has 1 unspecified atom stereocenters. The molecule has 2 rings (SSSR count). The molecule has 5 nitrogen and oxygen atoms in total. The Bertz CT molecular complexity index is 401. The third-order valence-electron chi connectivity index (χ3n) is 3.06. The molecule has 1 fully saturated rings. The summed E-state index contributed by atoms with van der Waals surface area (Å²) in [6.07, 6.45) is 2.78. The van der Waals surface area contributed by atoms with Crippen LogP contribution in [0.1, 0.15) is 17.7 Å². The Morgan fingerprint density at radius 3 is 3.18 bits per heavy atom. The normalized spacial score (nSPS) is 19.8. The van der Waals surface area contributed by atoms with Crippen LogP contribution in [-0.2, 0) is 11.3 Å². The highest BCUT2D eigenvalue weighted by Crippen LogP contribution is 2.14. The Morgan fingerprint density at radius 2 is 2.53 bits per heavy atom. The molecule has 0 aromatic carbocycles. The molecular formula is C12H18N4O. The summed E-state index contributed by atoms with van der Waals surface area (Å²) in [6, 6.07) is 4.32. The highest BCUT2D eigenvalue weighted by molar-refractivity contribution is 5.93. The summed E-state index contributed by atoms with van der Waals surface area (Å²) in [5.41, 5.74) is 7.09. The Balaban J connectivity index is 2.02. The van der Waals surface area contributed by atoms with E-state index in [4.69, 9.17) is 15.9 Å². The Labute approximate surface area is 101 Å². The largest absolute Gasteiger partial charge is 0.382 e. The van der Waals surface area contributed by atoms with Gasteiger partial charge in [-0.05, 0) is 31.2 Å². The molecule has 0 bridgehead atoms. The monoisotopic (exact) mass is 234 g/mol. The van der Waals surface area contributed by atoms with E-state index in [9.17, 15) is 0 Å². The molecule has 92 valence electrons. The van der Waals surface area contributed by atoms with E-state index in [2.05, 4.69) is 16.9 Å². The number of amidine groups is 1. The molecule has 0 spiro atoms. The topological polar surface area (TPSA) is 75.2 Å². The predicted octanol–water partition coefficient (Wildman–Crippen LogP) is 0.586. The Kier molecular flexibility index (Phi) is 3.71. The van der Waals surface area contributed by atoms with Crippen LogP contribution in [0.4, 0.5) is 0 Å². The van der Waals surface area contributed by atoms with Crippen molar-refractivity contribution in [1.29, 1.82) is 5.41 Å². The van der Waals surface area contributed by atoms with E-state index in [1.54, 1.807) is 6.20 Å². The van der Waals surface area contributed by atoms with Crippen molar-refractivity contribution in [2.45, 2.75) is 19.0 Å². The molecule has 0 amide bonds. The first-order valence-electron chi connectivity index (χ1n) is 5.74. The van der Waals surface area contributed by atoms with E-state index in [0.29, 0.717) is 11.7 Å². The maximum atomic E-state index is 7.36.